The molecule has 0 aromatic heterocycles. The van der Waals surface area contributed by atoms with Crippen LogP contribution < -0.4 is 10.6 Å². The summed E-state index contributed by atoms with van der Waals surface area (Å²) in [6, 6.07) is 10.5. The van der Waals surface area contributed by atoms with Gasteiger partial charge in [0.1, 0.15) is 5.82 Å². The lowest BCUT2D eigenvalue weighted by molar-refractivity contribution is 0.0956. The number of hydrogen-bond acceptors (Lipinski definition) is 2. The standard InChI is InChI=1S/C18H19ClFN3O2/c1-3-21-17(24)12-7-9-13(10-8-12)22-18(25)23(2)11-14-15(19)5-4-6-16(14)20/h4-10H,3,11H2,1-2H3,(H,21,24)(H,22,25). The largest absolute Gasteiger partial charge is 0.352 e. The molecule has 2 aromatic rings. The second-order valence-corrected chi connectivity index (χ2v) is 5.83. The molecular weight excluding hydrogens is 345 g/mol. The highest BCUT2D eigenvalue weighted by Crippen LogP contribution is 2.20. The van der Waals surface area contributed by atoms with Gasteiger partial charge in [0, 0.05) is 35.4 Å². The van der Waals surface area contributed by atoms with Crippen LogP contribution in [0.5, 0.6) is 0 Å². The molecule has 0 bridgehead atoms. The van der Waals surface area contributed by atoms with E-state index in [2.05, 4.69) is 10.6 Å². The first-order chi connectivity index (χ1) is 11.9. The molecule has 7 heteroatoms. The van der Waals surface area contributed by atoms with Crippen LogP contribution in [0.4, 0.5) is 14.9 Å². The number of hydrogen-bond donors (Lipinski definition) is 2. The molecule has 2 rings (SSSR count). The van der Waals surface area contributed by atoms with E-state index in [-0.39, 0.29) is 23.0 Å². The van der Waals surface area contributed by atoms with Gasteiger partial charge in [-0.15, -0.1) is 0 Å². The number of nitrogens with zero attached hydrogens (tertiary/aromatic N) is 1. The summed E-state index contributed by atoms with van der Waals surface area (Å²) in [6.45, 7) is 2.42. The van der Waals surface area contributed by atoms with Gasteiger partial charge in [0.2, 0.25) is 0 Å². The van der Waals surface area contributed by atoms with E-state index in [0.29, 0.717) is 17.8 Å². The molecule has 0 radical (unpaired) electrons. The SMILES string of the molecule is CCNC(=O)c1ccc(NC(=O)N(C)Cc2c(F)cccc2Cl)cc1. The van der Waals surface area contributed by atoms with Gasteiger partial charge in [-0.2, -0.15) is 0 Å². The first kappa shape index (κ1) is 18.7. The first-order valence-corrected chi connectivity index (χ1v) is 8.13. The molecule has 0 aliphatic heterocycles. The summed E-state index contributed by atoms with van der Waals surface area (Å²) in [6.07, 6.45) is 0. The maximum absolute atomic E-state index is 13.8. The highest BCUT2D eigenvalue weighted by Gasteiger charge is 2.14. The molecule has 132 valence electrons. The molecule has 0 saturated heterocycles. The average Bonchev–Trinajstić information content (AvgIpc) is 2.59. The van der Waals surface area contributed by atoms with E-state index in [1.807, 2.05) is 6.92 Å². The smallest absolute Gasteiger partial charge is 0.321 e. The Balaban J connectivity index is 2.00. The molecule has 0 heterocycles. The number of rotatable bonds is 5. The van der Waals surface area contributed by atoms with Crippen molar-refractivity contribution in [2.45, 2.75) is 13.5 Å². The molecule has 0 unspecified atom stereocenters. The van der Waals surface area contributed by atoms with Gasteiger partial charge in [-0.25, -0.2) is 9.18 Å². The van der Waals surface area contributed by atoms with Crippen LogP contribution in [0.3, 0.4) is 0 Å². The van der Waals surface area contributed by atoms with Crippen molar-refractivity contribution in [3.05, 3.63) is 64.4 Å². The third-order valence-corrected chi connectivity index (χ3v) is 3.89. The fraction of sp³-hybridized carbons (Fsp3) is 0.222. The minimum atomic E-state index is -0.460. The highest BCUT2D eigenvalue weighted by atomic mass is 35.5. The van der Waals surface area contributed by atoms with Gasteiger partial charge in [-0.1, -0.05) is 17.7 Å². The Bertz CT molecular complexity index is 745. The van der Waals surface area contributed by atoms with Crippen molar-refractivity contribution < 1.29 is 14.0 Å². The Kier molecular flexibility index (Phi) is 6.36. The van der Waals surface area contributed by atoms with Gasteiger partial charge in [-0.05, 0) is 43.3 Å². The second kappa shape index (κ2) is 8.48. The normalized spacial score (nSPS) is 10.2. The van der Waals surface area contributed by atoms with Crippen LogP contribution >= 0.6 is 11.6 Å². The van der Waals surface area contributed by atoms with Crippen molar-refractivity contribution in [1.82, 2.24) is 10.2 Å². The summed E-state index contributed by atoms with van der Waals surface area (Å²) in [5.41, 5.74) is 1.30. The Hall–Kier alpha value is -2.60. The summed E-state index contributed by atoms with van der Waals surface area (Å²) >= 11 is 5.97. The third-order valence-electron chi connectivity index (χ3n) is 3.54. The molecule has 25 heavy (non-hydrogen) atoms. The Labute approximate surface area is 150 Å². The van der Waals surface area contributed by atoms with Gasteiger partial charge < -0.3 is 15.5 Å². The summed E-state index contributed by atoms with van der Waals surface area (Å²) < 4.78 is 13.8. The van der Waals surface area contributed by atoms with E-state index in [1.54, 1.807) is 37.4 Å². The van der Waals surface area contributed by atoms with Gasteiger partial charge in [0.05, 0.1) is 6.54 Å². The lowest BCUT2D eigenvalue weighted by Gasteiger charge is -2.19. The minimum absolute atomic E-state index is 0.0360. The van der Waals surface area contributed by atoms with E-state index in [1.165, 1.54) is 17.0 Å². The summed E-state index contributed by atoms with van der Waals surface area (Å²) in [5.74, 6) is -0.634. The molecule has 5 nitrogen and oxygen atoms in total. The first-order valence-electron chi connectivity index (χ1n) is 7.75. The van der Waals surface area contributed by atoms with Crippen LogP contribution in [0.15, 0.2) is 42.5 Å². The van der Waals surface area contributed by atoms with E-state index >= 15 is 0 Å². The van der Waals surface area contributed by atoms with Crippen LogP contribution in [0.25, 0.3) is 0 Å². The van der Waals surface area contributed by atoms with Crippen molar-refractivity contribution >= 4 is 29.2 Å². The van der Waals surface area contributed by atoms with Gasteiger partial charge >= 0.3 is 6.03 Å². The Morgan fingerprint density at radius 2 is 1.84 bits per heavy atom. The van der Waals surface area contributed by atoms with Crippen LogP contribution in [0.1, 0.15) is 22.8 Å². The maximum Gasteiger partial charge on any atom is 0.321 e. The number of amides is 3. The predicted octanol–water partition coefficient (Wildman–Crippen LogP) is 3.89. The number of carbonyl (C=O) groups is 2. The molecule has 0 aliphatic rings. The third kappa shape index (κ3) is 4.93. The zero-order chi connectivity index (χ0) is 18.4. The second-order valence-electron chi connectivity index (χ2n) is 5.42. The number of halogens is 2. The van der Waals surface area contributed by atoms with Crippen molar-refractivity contribution in [3.8, 4) is 0 Å². The molecule has 3 amide bonds. The molecular formula is C18H19ClFN3O2. The predicted molar refractivity (Wildman–Crippen MR) is 96.3 cm³/mol. The van der Waals surface area contributed by atoms with E-state index in [9.17, 15) is 14.0 Å². The van der Waals surface area contributed by atoms with Crippen molar-refractivity contribution in [3.63, 3.8) is 0 Å². The molecule has 0 atom stereocenters. The Morgan fingerprint density at radius 3 is 2.44 bits per heavy atom. The molecule has 0 spiro atoms. The fourth-order valence-electron chi connectivity index (χ4n) is 2.18. The lowest BCUT2D eigenvalue weighted by Crippen LogP contribution is -2.31. The van der Waals surface area contributed by atoms with Crippen LogP contribution in [0, 0.1) is 5.82 Å². The molecule has 2 aromatic carbocycles. The van der Waals surface area contributed by atoms with Crippen molar-refractivity contribution in [1.29, 1.82) is 0 Å². The average molecular weight is 364 g/mol. The van der Waals surface area contributed by atoms with E-state index in [4.69, 9.17) is 11.6 Å². The van der Waals surface area contributed by atoms with Crippen molar-refractivity contribution in [2.75, 3.05) is 18.9 Å². The maximum atomic E-state index is 13.8. The zero-order valence-electron chi connectivity index (χ0n) is 14.0. The molecule has 0 saturated carbocycles. The van der Waals surface area contributed by atoms with E-state index < -0.39 is 11.8 Å². The molecule has 0 aliphatic carbocycles. The van der Waals surface area contributed by atoms with Crippen LogP contribution in [0.2, 0.25) is 5.02 Å². The molecule has 0 fully saturated rings. The van der Waals surface area contributed by atoms with Gasteiger partial charge in [-0.3, -0.25) is 4.79 Å². The van der Waals surface area contributed by atoms with Crippen LogP contribution in [-0.4, -0.2) is 30.4 Å². The molecule has 2 N–H and O–H groups in total. The summed E-state index contributed by atoms with van der Waals surface area (Å²) in [5, 5.41) is 5.65. The number of urea groups is 1. The summed E-state index contributed by atoms with van der Waals surface area (Å²) in [7, 11) is 1.54. The van der Waals surface area contributed by atoms with E-state index in [0.717, 1.165) is 0 Å². The monoisotopic (exact) mass is 363 g/mol. The minimum Gasteiger partial charge on any atom is -0.352 e. The summed E-state index contributed by atoms with van der Waals surface area (Å²) in [4.78, 5) is 25.3. The lowest BCUT2D eigenvalue weighted by atomic mass is 10.2. The van der Waals surface area contributed by atoms with Gasteiger partial charge in [0.25, 0.3) is 5.91 Å². The van der Waals surface area contributed by atoms with Crippen LogP contribution in [-0.2, 0) is 6.54 Å². The quantitative estimate of drug-likeness (QED) is 0.846. The topological polar surface area (TPSA) is 61.4 Å². The number of benzene rings is 2. The van der Waals surface area contributed by atoms with Crippen molar-refractivity contribution in [2.24, 2.45) is 0 Å². The zero-order valence-corrected chi connectivity index (χ0v) is 14.7. The van der Waals surface area contributed by atoms with Gasteiger partial charge in [0.15, 0.2) is 0 Å². The Morgan fingerprint density at radius 1 is 1.16 bits per heavy atom. The number of anilines is 1. The number of nitrogens with one attached hydrogen (secondary N) is 2. The number of carbonyl (C=O) groups excluding carboxylic acids is 2. The highest BCUT2D eigenvalue weighted by molar-refractivity contribution is 6.31. The fourth-order valence-corrected chi connectivity index (χ4v) is 2.40.